The zero-order valence-corrected chi connectivity index (χ0v) is 30.5. The topological polar surface area (TPSA) is 140 Å². The van der Waals surface area contributed by atoms with Crippen LogP contribution in [0, 0.1) is 0 Å². The normalized spacial score (nSPS) is 11.9. The van der Waals surface area contributed by atoms with Gasteiger partial charge in [0.2, 0.25) is 0 Å². The van der Waals surface area contributed by atoms with E-state index in [1.165, 1.54) is 35.7 Å². The Bertz CT molecular complexity index is 1920. The molecule has 0 aliphatic carbocycles. The third-order valence-corrected chi connectivity index (χ3v) is 9.28. The second-order valence-electron chi connectivity index (χ2n) is 10.1. The number of rotatable bonds is 14. The second kappa shape index (κ2) is 18.8. The van der Waals surface area contributed by atoms with Crippen molar-refractivity contribution in [2.45, 2.75) is 10.1 Å². The predicted molar refractivity (Wildman–Crippen MR) is 206 cm³/mol. The molecule has 0 radical (unpaired) electrons. The van der Waals surface area contributed by atoms with Crippen molar-refractivity contribution in [2.75, 3.05) is 24.6 Å². The van der Waals surface area contributed by atoms with Gasteiger partial charge < -0.3 is 10.2 Å². The van der Waals surface area contributed by atoms with Gasteiger partial charge in [-0.15, -0.1) is 43.9 Å². The van der Waals surface area contributed by atoms with Gasteiger partial charge in [-0.1, -0.05) is 46.4 Å². The minimum absolute atomic E-state index is 0.0847. The molecule has 0 spiro atoms. The molecule has 1 aromatic heterocycles. The number of benzene rings is 4. The van der Waals surface area contributed by atoms with Gasteiger partial charge in [0.05, 0.1) is 21.4 Å². The number of hydrogen-bond donors (Lipinski definition) is 2. The van der Waals surface area contributed by atoms with Crippen molar-refractivity contribution in [2.24, 2.45) is 30.4 Å². The summed E-state index contributed by atoms with van der Waals surface area (Å²) >= 11 is 27.2. The first-order chi connectivity index (χ1) is 24.2. The summed E-state index contributed by atoms with van der Waals surface area (Å²) in [5, 5.41) is 49.1. The van der Waals surface area contributed by atoms with E-state index in [0.29, 0.717) is 78.6 Å². The summed E-state index contributed by atoms with van der Waals surface area (Å²) in [4.78, 5) is 8.84. The minimum Gasteiger partial charge on any atom is -0.507 e. The van der Waals surface area contributed by atoms with Crippen LogP contribution in [0.2, 0.25) is 20.1 Å². The number of aromatic nitrogens is 2. The molecule has 0 unspecified atom stereocenters. The first-order valence-electron chi connectivity index (χ1n) is 14.7. The fourth-order valence-corrected chi connectivity index (χ4v) is 6.19. The number of aliphatic imine (C=N–C) groups is 2. The van der Waals surface area contributed by atoms with Crippen LogP contribution in [0.5, 0.6) is 11.5 Å². The molecule has 0 bridgehead atoms. The number of phenols is 2. The highest BCUT2D eigenvalue weighted by molar-refractivity contribution is 7.99. The Kier molecular flexibility index (Phi) is 14.0. The predicted octanol–water partition coefficient (Wildman–Crippen LogP) is 11.8. The van der Waals surface area contributed by atoms with Gasteiger partial charge in [-0.3, -0.25) is 9.98 Å². The van der Waals surface area contributed by atoms with Crippen LogP contribution in [-0.2, 0) is 0 Å². The number of thioether (sulfide) groups is 2. The lowest BCUT2D eigenvalue weighted by atomic mass is 10.2. The standard InChI is InChI=1S/C34H26Cl4N8O2S2/c35-23-1-5-29(27(37)17-23)43-41-25-3-7-31(47)21(15-25)19-39-11-13-49-33-9-10-34(46-45-33)50-14-12-40-20-22-16-26(4-8-32(22)48)42-44-30-6-2-24(36)18-28(30)38/h1-10,15-20,47-48H,11-14H2. The van der Waals surface area contributed by atoms with E-state index in [4.69, 9.17) is 46.4 Å². The molecule has 4 aromatic carbocycles. The molecule has 0 amide bonds. The number of azo groups is 2. The van der Waals surface area contributed by atoms with Crippen molar-refractivity contribution >= 4 is 105 Å². The van der Waals surface area contributed by atoms with Gasteiger partial charge in [-0.25, -0.2) is 0 Å². The minimum atomic E-state index is 0.0847. The largest absolute Gasteiger partial charge is 0.507 e. The molecule has 0 fully saturated rings. The number of hydrogen-bond acceptors (Lipinski definition) is 12. The van der Waals surface area contributed by atoms with Gasteiger partial charge in [-0.2, -0.15) is 10.2 Å². The molecule has 0 saturated carbocycles. The summed E-state index contributed by atoms with van der Waals surface area (Å²) < 4.78 is 0. The first kappa shape index (κ1) is 37.2. The number of phenolic OH excluding ortho intramolecular Hbond substituents is 2. The zero-order valence-electron chi connectivity index (χ0n) is 25.9. The Balaban J connectivity index is 1.04. The maximum absolute atomic E-state index is 10.2. The highest BCUT2D eigenvalue weighted by Gasteiger charge is 2.05. The van der Waals surface area contributed by atoms with E-state index < -0.39 is 0 Å². The van der Waals surface area contributed by atoms with E-state index in [1.54, 1.807) is 73.1 Å². The number of aromatic hydroxyl groups is 2. The molecule has 254 valence electrons. The molecular formula is C34H26Cl4N8O2S2. The molecule has 0 atom stereocenters. The summed E-state index contributed by atoms with van der Waals surface area (Å²) in [5.74, 6) is 1.51. The van der Waals surface area contributed by atoms with Crippen molar-refractivity contribution in [3.8, 4) is 11.5 Å². The summed E-state index contributed by atoms with van der Waals surface area (Å²) in [5.41, 5.74) is 3.09. The quantitative estimate of drug-likeness (QED) is 0.0497. The average molecular weight is 785 g/mol. The van der Waals surface area contributed by atoms with E-state index in [9.17, 15) is 10.2 Å². The van der Waals surface area contributed by atoms with Crippen LogP contribution < -0.4 is 0 Å². The smallest absolute Gasteiger partial charge is 0.124 e. The van der Waals surface area contributed by atoms with Crippen molar-refractivity contribution in [1.29, 1.82) is 0 Å². The van der Waals surface area contributed by atoms with Gasteiger partial charge in [0.15, 0.2) is 0 Å². The van der Waals surface area contributed by atoms with E-state index in [1.807, 2.05) is 12.1 Å². The van der Waals surface area contributed by atoms with Gasteiger partial charge in [0.25, 0.3) is 0 Å². The third kappa shape index (κ3) is 11.5. The van der Waals surface area contributed by atoms with Crippen LogP contribution in [0.3, 0.4) is 0 Å². The summed E-state index contributed by atoms with van der Waals surface area (Å²) in [7, 11) is 0. The average Bonchev–Trinajstić information content (AvgIpc) is 3.10. The Labute approximate surface area is 316 Å². The van der Waals surface area contributed by atoms with E-state index >= 15 is 0 Å². The molecule has 50 heavy (non-hydrogen) atoms. The Morgan fingerprint density at radius 3 is 1.38 bits per heavy atom. The van der Waals surface area contributed by atoms with Gasteiger partial charge in [-0.05, 0) is 84.9 Å². The molecule has 5 rings (SSSR count). The lowest BCUT2D eigenvalue weighted by Crippen LogP contribution is -1.93. The molecule has 5 aromatic rings. The van der Waals surface area contributed by atoms with Gasteiger partial charge in [0.1, 0.15) is 32.9 Å². The molecule has 0 aliphatic rings. The highest BCUT2D eigenvalue weighted by atomic mass is 35.5. The van der Waals surface area contributed by atoms with Crippen molar-refractivity contribution < 1.29 is 10.2 Å². The molecule has 10 nitrogen and oxygen atoms in total. The van der Waals surface area contributed by atoms with Crippen LogP contribution in [0.4, 0.5) is 22.7 Å². The van der Waals surface area contributed by atoms with E-state index in [0.717, 1.165) is 10.1 Å². The van der Waals surface area contributed by atoms with Crippen molar-refractivity contribution in [1.82, 2.24) is 10.2 Å². The summed E-state index contributed by atoms with van der Waals surface area (Å²) in [6.07, 6.45) is 3.20. The Hall–Kier alpha value is -4.04. The van der Waals surface area contributed by atoms with E-state index in [-0.39, 0.29) is 11.5 Å². The number of halogens is 4. The highest BCUT2D eigenvalue weighted by Crippen LogP contribution is 2.32. The van der Waals surface area contributed by atoms with Gasteiger partial charge in [0, 0.05) is 58.2 Å². The summed E-state index contributed by atoms with van der Waals surface area (Å²) in [6.45, 7) is 1.01. The van der Waals surface area contributed by atoms with Crippen LogP contribution in [0.15, 0.2) is 125 Å². The SMILES string of the molecule is Oc1ccc(N=Nc2ccc(Cl)cc2Cl)cc1C=NCCSc1ccc(SCCN=Cc2cc(N=Nc3ccc(Cl)cc3Cl)ccc2O)nn1. The molecule has 2 N–H and O–H groups in total. The van der Waals surface area contributed by atoms with Crippen LogP contribution >= 0.6 is 69.9 Å². The summed E-state index contributed by atoms with van der Waals surface area (Å²) in [6, 6.07) is 23.5. The molecule has 16 heteroatoms. The third-order valence-electron chi connectivity index (χ3n) is 6.41. The lowest BCUT2D eigenvalue weighted by molar-refractivity contribution is 0.474. The van der Waals surface area contributed by atoms with Crippen LogP contribution in [0.25, 0.3) is 0 Å². The molecule has 0 saturated heterocycles. The Morgan fingerprint density at radius 2 is 0.980 bits per heavy atom. The van der Waals surface area contributed by atoms with Crippen LogP contribution in [0.1, 0.15) is 11.1 Å². The second-order valence-corrected chi connectivity index (χ2v) is 14.0. The first-order valence-corrected chi connectivity index (χ1v) is 18.2. The molecule has 0 aliphatic heterocycles. The van der Waals surface area contributed by atoms with E-state index in [2.05, 4.69) is 40.6 Å². The van der Waals surface area contributed by atoms with Gasteiger partial charge >= 0.3 is 0 Å². The zero-order chi connectivity index (χ0) is 35.3. The molecule has 1 heterocycles. The fourth-order valence-electron chi connectivity index (χ4n) is 3.96. The fraction of sp³-hybridized carbons (Fsp3) is 0.118. The lowest BCUT2D eigenvalue weighted by Gasteiger charge is -2.02. The maximum Gasteiger partial charge on any atom is 0.124 e. The van der Waals surface area contributed by atoms with Crippen molar-refractivity contribution in [3.63, 3.8) is 0 Å². The maximum atomic E-state index is 10.2. The monoisotopic (exact) mass is 782 g/mol. The van der Waals surface area contributed by atoms with Crippen molar-refractivity contribution in [3.05, 3.63) is 116 Å². The number of nitrogens with zero attached hydrogens (tertiary/aromatic N) is 8. The van der Waals surface area contributed by atoms with Crippen LogP contribution in [-0.4, -0.2) is 57.4 Å². The Morgan fingerprint density at radius 1 is 0.540 bits per heavy atom. The molecular weight excluding hydrogens is 758 g/mol.